The molecule has 2 aromatic rings. The lowest BCUT2D eigenvalue weighted by Crippen LogP contribution is -2.50. The predicted octanol–water partition coefficient (Wildman–Crippen LogP) is 5.28. The van der Waals surface area contributed by atoms with Crippen molar-refractivity contribution in [3.63, 3.8) is 0 Å². The Balaban J connectivity index is 1.26. The first kappa shape index (κ1) is 23.8. The second-order valence-corrected chi connectivity index (χ2v) is 11.5. The molecule has 2 heterocycles. The molecule has 2 aromatic carbocycles. The van der Waals surface area contributed by atoms with Crippen LogP contribution in [0.25, 0.3) is 0 Å². The number of hydrazone groups is 1. The molecule has 0 radical (unpaired) electrons. The Bertz CT molecular complexity index is 1380. The smallest absolute Gasteiger partial charge is 0.356 e. The normalized spacial score (nSPS) is 30.9. The number of hydrogen-bond acceptors (Lipinski definition) is 6. The lowest BCUT2D eigenvalue weighted by molar-refractivity contribution is -0.162. The Kier molecular flexibility index (Phi) is 4.94. The van der Waals surface area contributed by atoms with Crippen molar-refractivity contribution in [1.82, 2.24) is 5.01 Å². The van der Waals surface area contributed by atoms with Crippen LogP contribution in [0, 0.1) is 16.7 Å². The second-order valence-electron chi connectivity index (χ2n) is 11.5. The minimum Gasteiger partial charge on any atom is -0.508 e. The highest BCUT2D eigenvalue weighted by Crippen LogP contribution is 2.69. The molecule has 2 aliphatic heterocycles. The van der Waals surface area contributed by atoms with Crippen LogP contribution >= 0.6 is 0 Å². The molecule has 1 amide bonds. The van der Waals surface area contributed by atoms with Gasteiger partial charge in [0.2, 0.25) is 11.5 Å². The third-order valence-electron chi connectivity index (χ3n) is 9.67. The van der Waals surface area contributed by atoms with Gasteiger partial charge < -0.3 is 14.6 Å². The summed E-state index contributed by atoms with van der Waals surface area (Å²) in [6.45, 7) is 11.8. The molecule has 1 saturated heterocycles. The molecule has 2 fully saturated rings. The van der Waals surface area contributed by atoms with Crippen LogP contribution in [-0.2, 0) is 20.7 Å². The Morgan fingerprint density at radius 3 is 2.49 bits per heavy atom. The summed E-state index contributed by atoms with van der Waals surface area (Å²) in [6.07, 6.45) is 3.12. The quantitative estimate of drug-likeness (QED) is 0.458. The van der Waals surface area contributed by atoms with Gasteiger partial charge in [0, 0.05) is 29.2 Å². The molecule has 2 aliphatic carbocycles. The summed E-state index contributed by atoms with van der Waals surface area (Å²) in [5, 5.41) is 16.3. The fraction of sp³-hybridized carbons (Fsp3) is 0.433. The van der Waals surface area contributed by atoms with E-state index in [0.717, 1.165) is 41.7 Å². The van der Waals surface area contributed by atoms with Crippen molar-refractivity contribution in [3.8, 4) is 11.5 Å². The number of ether oxygens (including phenoxy) is 2. The van der Waals surface area contributed by atoms with E-state index in [0.29, 0.717) is 17.9 Å². The minimum atomic E-state index is -1.04. The highest BCUT2D eigenvalue weighted by Gasteiger charge is 2.74. The van der Waals surface area contributed by atoms with E-state index in [2.05, 4.69) is 27.4 Å². The molecule has 4 aliphatic rings. The number of allylic oxidation sites excluding steroid dienone is 1. The monoisotopic (exact) mass is 500 g/mol. The summed E-state index contributed by atoms with van der Waals surface area (Å²) in [7, 11) is 0. The van der Waals surface area contributed by atoms with Crippen molar-refractivity contribution >= 4 is 17.6 Å². The molecular weight excluding hydrogens is 468 g/mol. The number of carbonyl (C=O) groups is 2. The maximum absolute atomic E-state index is 13.4. The second kappa shape index (κ2) is 7.70. The molecule has 7 nitrogen and oxygen atoms in total. The first-order valence-corrected chi connectivity index (χ1v) is 12.9. The number of hydrogen-bond donors (Lipinski definition) is 1. The molecule has 2 bridgehead atoms. The van der Waals surface area contributed by atoms with Crippen molar-refractivity contribution < 1.29 is 24.2 Å². The highest BCUT2D eigenvalue weighted by molar-refractivity contribution is 6.07. The number of phenolic OH excluding ortho intramolecular Hbond substituents is 1. The van der Waals surface area contributed by atoms with Crippen LogP contribution in [0.1, 0.15) is 69.7 Å². The van der Waals surface area contributed by atoms with Crippen molar-refractivity contribution in [3.05, 3.63) is 71.5 Å². The molecule has 7 heteroatoms. The van der Waals surface area contributed by atoms with E-state index in [1.807, 2.05) is 18.2 Å². The zero-order valence-electron chi connectivity index (χ0n) is 21.7. The maximum atomic E-state index is 13.4. The highest BCUT2D eigenvalue weighted by atomic mass is 16.6. The Labute approximate surface area is 216 Å². The van der Waals surface area contributed by atoms with Crippen molar-refractivity contribution in [1.29, 1.82) is 0 Å². The molecular formula is C30H32N2O5. The van der Waals surface area contributed by atoms with E-state index in [1.165, 1.54) is 6.92 Å². The number of fused-ring (bicyclic) bond motifs is 5. The largest absolute Gasteiger partial charge is 0.508 e. The van der Waals surface area contributed by atoms with Gasteiger partial charge in [-0.05, 0) is 61.1 Å². The number of rotatable bonds is 3. The Morgan fingerprint density at radius 2 is 1.86 bits per heavy atom. The van der Waals surface area contributed by atoms with Gasteiger partial charge in [-0.1, -0.05) is 45.5 Å². The van der Waals surface area contributed by atoms with E-state index < -0.39 is 17.0 Å². The van der Waals surface area contributed by atoms with Crippen LogP contribution in [0.5, 0.6) is 11.5 Å². The van der Waals surface area contributed by atoms with Crippen LogP contribution in [0.3, 0.4) is 0 Å². The van der Waals surface area contributed by atoms with Crippen LogP contribution in [-0.4, -0.2) is 33.3 Å². The van der Waals surface area contributed by atoms with E-state index >= 15 is 0 Å². The SMILES string of the molecule is C=C1OC2(C(=O)Oc3ccc([C@H]4[C@H]5CCc6ccc(O)cc6C5=NN4C(C)=O)cc3)CCC1(C)C2(C)C. The van der Waals surface area contributed by atoms with Gasteiger partial charge in [0.1, 0.15) is 11.5 Å². The standard InChI is InChI=1S/C30H32N2O5/c1-17-29(5)14-15-30(37-17,28(29,3)4)27(35)36-22-11-7-20(8-12-22)26-23-13-9-19-6-10-21(34)16-24(19)25(23)31-32(26)18(2)33/h6-8,10-12,16,23,26,34H,1,9,13-15H2,2-5H3/t23-,26-,29?,30?/m0/s1. The average molecular weight is 501 g/mol. The van der Waals surface area contributed by atoms with Crippen LogP contribution < -0.4 is 4.74 Å². The Hall–Kier alpha value is -3.61. The summed E-state index contributed by atoms with van der Waals surface area (Å²) < 4.78 is 12.0. The molecule has 0 spiro atoms. The Morgan fingerprint density at radius 1 is 1.14 bits per heavy atom. The fourth-order valence-electron chi connectivity index (χ4n) is 6.90. The fourth-order valence-corrected chi connectivity index (χ4v) is 6.90. The third kappa shape index (κ3) is 3.09. The molecule has 0 aromatic heterocycles. The summed E-state index contributed by atoms with van der Waals surface area (Å²) in [6, 6.07) is 12.4. The molecule has 37 heavy (non-hydrogen) atoms. The van der Waals surface area contributed by atoms with Crippen LogP contribution in [0.15, 0.2) is 59.9 Å². The molecule has 4 atom stereocenters. The zero-order valence-corrected chi connectivity index (χ0v) is 21.7. The number of amides is 1. The number of aryl methyl sites for hydroxylation is 1. The van der Waals surface area contributed by atoms with Crippen LogP contribution in [0.4, 0.5) is 0 Å². The zero-order chi connectivity index (χ0) is 26.3. The molecule has 2 unspecified atom stereocenters. The van der Waals surface area contributed by atoms with Crippen molar-refractivity contribution in [2.24, 2.45) is 21.8 Å². The molecule has 1 saturated carbocycles. The van der Waals surface area contributed by atoms with Gasteiger partial charge in [0.15, 0.2) is 0 Å². The van der Waals surface area contributed by atoms with Gasteiger partial charge in [0.25, 0.3) is 0 Å². The lowest BCUT2D eigenvalue weighted by atomic mass is 9.66. The van der Waals surface area contributed by atoms with E-state index in [9.17, 15) is 14.7 Å². The lowest BCUT2D eigenvalue weighted by Gasteiger charge is -2.35. The maximum Gasteiger partial charge on any atom is 0.356 e. The third-order valence-corrected chi connectivity index (χ3v) is 9.67. The van der Waals surface area contributed by atoms with Gasteiger partial charge in [0.05, 0.1) is 17.5 Å². The van der Waals surface area contributed by atoms with Gasteiger partial charge in [-0.2, -0.15) is 5.10 Å². The average Bonchev–Trinajstić information content (AvgIpc) is 3.40. The van der Waals surface area contributed by atoms with Gasteiger partial charge in [-0.3, -0.25) is 4.79 Å². The summed E-state index contributed by atoms with van der Waals surface area (Å²) in [5.41, 5.74) is 2.04. The van der Waals surface area contributed by atoms with Crippen LogP contribution in [0.2, 0.25) is 0 Å². The number of benzene rings is 2. The van der Waals surface area contributed by atoms with E-state index in [4.69, 9.17) is 14.6 Å². The predicted molar refractivity (Wildman–Crippen MR) is 138 cm³/mol. The first-order valence-electron chi connectivity index (χ1n) is 12.9. The number of nitrogens with zero attached hydrogens (tertiary/aromatic N) is 2. The van der Waals surface area contributed by atoms with Gasteiger partial charge >= 0.3 is 5.97 Å². The van der Waals surface area contributed by atoms with Gasteiger partial charge in [-0.25, -0.2) is 9.80 Å². The van der Waals surface area contributed by atoms with Gasteiger partial charge in [-0.15, -0.1) is 0 Å². The number of aromatic hydroxyl groups is 1. The van der Waals surface area contributed by atoms with E-state index in [1.54, 1.807) is 29.3 Å². The summed E-state index contributed by atoms with van der Waals surface area (Å²) in [5.74, 6) is 0.744. The van der Waals surface area contributed by atoms with Crippen molar-refractivity contribution in [2.45, 2.75) is 65.0 Å². The number of phenols is 1. The number of esters is 1. The number of carbonyl (C=O) groups excluding carboxylic acids is 2. The molecule has 1 N–H and O–H groups in total. The molecule has 192 valence electrons. The minimum absolute atomic E-state index is 0.0142. The summed E-state index contributed by atoms with van der Waals surface area (Å²) >= 11 is 0. The van der Waals surface area contributed by atoms with Crippen molar-refractivity contribution in [2.75, 3.05) is 0 Å². The molecule has 6 rings (SSSR count). The summed E-state index contributed by atoms with van der Waals surface area (Å²) in [4.78, 5) is 26.0. The van der Waals surface area contributed by atoms with E-state index in [-0.39, 0.29) is 29.0 Å². The first-order chi connectivity index (χ1) is 17.5. The topological polar surface area (TPSA) is 88.4 Å².